The molecule has 0 aliphatic carbocycles. The number of rotatable bonds is 4. The van der Waals surface area contributed by atoms with Gasteiger partial charge in [-0.2, -0.15) is 0 Å². The molecular weight excluding hydrogens is 289 g/mol. The van der Waals surface area contributed by atoms with Gasteiger partial charge in [-0.05, 0) is 25.0 Å². The predicted molar refractivity (Wildman–Crippen MR) is 82.4 cm³/mol. The lowest BCUT2D eigenvalue weighted by molar-refractivity contribution is -0.139. The van der Waals surface area contributed by atoms with E-state index in [0.717, 1.165) is 5.69 Å². The number of benzene rings is 1. The molecule has 0 amide bonds. The highest BCUT2D eigenvalue weighted by Gasteiger charge is 2.35. The molecule has 7 nitrogen and oxygen atoms in total. The molecule has 0 saturated carbocycles. The van der Waals surface area contributed by atoms with Crippen LogP contribution in [0.25, 0.3) is 0 Å². The second-order valence-corrected chi connectivity index (χ2v) is 4.44. The molecule has 0 bridgehead atoms. The first kappa shape index (κ1) is 19.8. The molecule has 1 aromatic carbocycles. The fraction of sp³-hybridized carbons (Fsp3) is 0.357. The summed E-state index contributed by atoms with van der Waals surface area (Å²) in [5.74, 6) is -1.10. The van der Waals surface area contributed by atoms with Crippen molar-refractivity contribution in [1.29, 1.82) is 0 Å². The lowest BCUT2D eigenvalue weighted by Gasteiger charge is -2.31. The SMILES string of the molecule is C=O.C=O.O=C(O)CC1CCC(Nc2ccccc2)B(O)O1. The average Bonchev–Trinajstić information content (AvgIpc) is 2.54. The predicted octanol–water partition coefficient (Wildman–Crippen LogP) is 0.771. The number of nitrogens with one attached hydrogen (secondary N) is 1. The molecule has 2 rings (SSSR count). The van der Waals surface area contributed by atoms with E-state index in [0.29, 0.717) is 12.8 Å². The van der Waals surface area contributed by atoms with E-state index in [1.807, 2.05) is 43.9 Å². The van der Waals surface area contributed by atoms with Crippen molar-refractivity contribution >= 4 is 32.4 Å². The van der Waals surface area contributed by atoms with Crippen molar-refractivity contribution in [1.82, 2.24) is 0 Å². The van der Waals surface area contributed by atoms with Crippen LogP contribution in [0.4, 0.5) is 5.69 Å². The number of carbonyl (C=O) groups is 3. The lowest BCUT2D eigenvalue weighted by Crippen LogP contribution is -2.47. The lowest BCUT2D eigenvalue weighted by atomic mass is 9.72. The first-order valence-corrected chi connectivity index (χ1v) is 6.60. The summed E-state index contributed by atoms with van der Waals surface area (Å²) in [5.41, 5.74) is 0.918. The second kappa shape index (κ2) is 11.5. The van der Waals surface area contributed by atoms with Crippen molar-refractivity contribution in [2.75, 3.05) is 5.32 Å². The normalized spacial score (nSPS) is 19.8. The number of hydrogen-bond donors (Lipinski definition) is 3. The topological polar surface area (TPSA) is 113 Å². The summed E-state index contributed by atoms with van der Waals surface area (Å²) in [6.07, 6.45) is 0.864. The molecule has 1 aromatic rings. The van der Waals surface area contributed by atoms with Crippen LogP contribution >= 0.6 is 0 Å². The Bertz CT molecular complexity index is 431. The van der Waals surface area contributed by atoms with Crippen molar-refractivity contribution in [2.45, 2.75) is 31.3 Å². The van der Waals surface area contributed by atoms with Crippen LogP contribution in [0.3, 0.4) is 0 Å². The zero-order chi connectivity index (χ0) is 17.0. The van der Waals surface area contributed by atoms with Gasteiger partial charge in [-0.1, -0.05) is 18.2 Å². The number of para-hydroxylation sites is 1. The van der Waals surface area contributed by atoms with E-state index in [4.69, 9.17) is 19.3 Å². The highest BCUT2D eigenvalue weighted by atomic mass is 16.5. The van der Waals surface area contributed by atoms with Gasteiger partial charge in [-0.25, -0.2) is 0 Å². The first-order chi connectivity index (χ1) is 10.6. The zero-order valence-corrected chi connectivity index (χ0v) is 12.2. The van der Waals surface area contributed by atoms with E-state index in [2.05, 4.69) is 5.32 Å². The Hall–Kier alpha value is -2.19. The van der Waals surface area contributed by atoms with Crippen LogP contribution in [0.1, 0.15) is 19.3 Å². The van der Waals surface area contributed by atoms with Gasteiger partial charge in [0.25, 0.3) is 0 Å². The largest absolute Gasteiger partial charge is 0.481 e. The molecule has 1 aliphatic rings. The van der Waals surface area contributed by atoms with Crippen LogP contribution in [-0.2, 0) is 19.0 Å². The number of carbonyl (C=O) groups excluding carboxylic acids is 2. The average molecular weight is 309 g/mol. The van der Waals surface area contributed by atoms with E-state index < -0.39 is 19.2 Å². The number of hydrogen-bond acceptors (Lipinski definition) is 6. The minimum absolute atomic E-state index is 0.0604. The Kier molecular flexibility index (Phi) is 10.3. The molecule has 0 aromatic heterocycles. The molecule has 0 spiro atoms. The van der Waals surface area contributed by atoms with Gasteiger partial charge in [-0.15, -0.1) is 0 Å². The maximum absolute atomic E-state index is 10.6. The van der Waals surface area contributed by atoms with E-state index >= 15 is 0 Å². The summed E-state index contributed by atoms with van der Waals surface area (Å²) in [7, 11) is -0.969. The molecule has 0 radical (unpaired) electrons. The van der Waals surface area contributed by atoms with Crippen LogP contribution in [0, 0.1) is 0 Å². The fourth-order valence-corrected chi connectivity index (χ4v) is 2.10. The highest BCUT2D eigenvalue weighted by molar-refractivity contribution is 6.46. The maximum atomic E-state index is 10.6. The Morgan fingerprint density at radius 3 is 2.32 bits per heavy atom. The summed E-state index contributed by atoms with van der Waals surface area (Å²) in [6, 6.07) is 9.56. The monoisotopic (exact) mass is 309 g/mol. The standard InChI is InChI=1S/C12H16BNO4.2CH2O/c15-12(16)8-10-6-7-11(13(17)18-10)14-9-4-2-1-3-5-9;2*1-2/h1-5,10-11,14,17H,6-8H2,(H,15,16);2*1H2. The number of anilines is 1. The molecule has 1 saturated heterocycles. The molecular formula is C14H20BNO6. The van der Waals surface area contributed by atoms with Gasteiger partial charge in [0.1, 0.15) is 13.6 Å². The van der Waals surface area contributed by atoms with Gasteiger partial charge in [0.05, 0.1) is 18.5 Å². The molecule has 120 valence electrons. The third-order valence-electron chi connectivity index (χ3n) is 3.00. The molecule has 3 N–H and O–H groups in total. The third kappa shape index (κ3) is 7.01. The van der Waals surface area contributed by atoms with Gasteiger partial charge in [-0.3, -0.25) is 4.79 Å². The number of carboxylic acid groups (broad SMARTS) is 1. The number of aliphatic carboxylic acids is 1. The van der Waals surface area contributed by atoms with E-state index in [-0.39, 0.29) is 12.4 Å². The Morgan fingerprint density at radius 1 is 1.23 bits per heavy atom. The van der Waals surface area contributed by atoms with Crippen molar-refractivity contribution in [3.8, 4) is 0 Å². The van der Waals surface area contributed by atoms with E-state index in [9.17, 15) is 9.82 Å². The minimum atomic E-state index is -0.969. The van der Waals surface area contributed by atoms with Crippen molar-refractivity contribution < 1.29 is 29.2 Å². The second-order valence-electron chi connectivity index (χ2n) is 4.44. The summed E-state index contributed by atoms with van der Waals surface area (Å²) >= 11 is 0. The van der Waals surface area contributed by atoms with Crippen molar-refractivity contribution in [3.05, 3.63) is 30.3 Å². The van der Waals surface area contributed by atoms with Gasteiger partial charge in [0.2, 0.25) is 0 Å². The van der Waals surface area contributed by atoms with Crippen LogP contribution < -0.4 is 5.32 Å². The molecule has 1 heterocycles. The van der Waals surface area contributed by atoms with Gasteiger partial charge >= 0.3 is 13.1 Å². The molecule has 22 heavy (non-hydrogen) atoms. The Balaban J connectivity index is 0.00000102. The van der Waals surface area contributed by atoms with E-state index in [1.54, 1.807) is 0 Å². The van der Waals surface area contributed by atoms with Crippen LogP contribution in [-0.4, -0.2) is 48.8 Å². The molecule has 8 heteroatoms. The van der Waals surface area contributed by atoms with Crippen LogP contribution in [0.2, 0.25) is 0 Å². The van der Waals surface area contributed by atoms with E-state index in [1.165, 1.54) is 0 Å². The van der Waals surface area contributed by atoms with Gasteiger partial charge in [0.15, 0.2) is 0 Å². The molecule has 1 fully saturated rings. The Morgan fingerprint density at radius 2 is 1.82 bits per heavy atom. The van der Waals surface area contributed by atoms with Gasteiger partial charge < -0.3 is 29.7 Å². The summed E-state index contributed by atoms with van der Waals surface area (Å²) in [6.45, 7) is 4.00. The highest BCUT2D eigenvalue weighted by Crippen LogP contribution is 2.21. The van der Waals surface area contributed by atoms with Crippen molar-refractivity contribution in [2.24, 2.45) is 0 Å². The summed E-state index contributed by atoms with van der Waals surface area (Å²) in [4.78, 5) is 26.6. The quantitative estimate of drug-likeness (QED) is 0.704. The van der Waals surface area contributed by atoms with Crippen LogP contribution in [0.5, 0.6) is 0 Å². The zero-order valence-electron chi connectivity index (χ0n) is 12.2. The summed E-state index contributed by atoms with van der Waals surface area (Å²) < 4.78 is 5.29. The molecule has 2 atom stereocenters. The molecule has 1 aliphatic heterocycles. The third-order valence-corrected chi connectivity index (χ3v) is 3.00. The smallest absolute Gasteiger partial charge is 0.478 e. The minimum Gasteiger partial charge on any atom is -0.481 e. The Labute approximate surface area is 129 Å². The number of carboxylic acids is 1. The first-order valence-electron chi connectivity index (χ1n) is 6.60. The van der Waals surface area contributed by atoms with Crippen LogP contribution in [0.15, 0.2) is 30.3 Å². The van der Waals surface area contributed by atoms with Crippen molar-refractivity contribution in [3.63, 3.8) is 0 Å². The maximum Gasteiger partial charge on any atom is 0.478 e. The molecule has 2 unspecified atom stereocenters. The summed E-state index contributed by atoms with van der Waals surface area (Å²) in [5, 5.41) is 21.7. The fourth-order valence-electron chi connectivity index (χ4n) is 2.10. The van der Waals surface area contributed by atoms with Gasteiger partial charge in [0, 0.05) is 5.69 Å².